The molecule has 0 fully saturated rings. The van der Waals surface area contributed by atoms with Crippen molar-refractivity contribution in [1.29, 1.82) is 0 Å². The molecule has 0 aliphatic carbocycles. The van der Waals surface area contributed by atoms with Crippen molar-refractivity contribution in [3.8, 4) is 11.5 Å². The summed E-state index contributed by atoms with van der Waals surface area (Å²) in [4.78, 5) is 2.14. The number of rotatable bonds is 6. The lowest BCUT2D eigenvalue weighted by atomic mass is 10.1. The van der Waals surface area contributed by atoms with E-state index >= 15 is 0 Å². The molecule has 0 amide bonds. The Bertz CT molecular complexity index is 649. The fraction of sp³-hybridized carbons (Fsp3) is 0.294. The first-order valence-electron chi connectivity index (χ1n) is 6.87. The zero-order valence-corrected chi connectivity index (χ0v) is 14.5. The SMILES string of the molecule is COc1ccc(CN(C)Cc2ccc(F)cc2Br)c(OC)c1. The molecule has 0 saturated carbocycles. The molecule has 118 valence electrons. The van der Waals surface area contributed by atoms with Gasteiger partial charge in [0, 0.05) is 29.2 Å². The van der Waals surface area contributed by atoms with Gasteiger partial charge in [0.05, 0.1) is 14.2 Å². The summed E-state index contributed by atoms with van der Waals surface area (Å²) in [6.07, 6.45) is 0. The van der Waals surface area contributed by atoms with Crippen molar-refractivity contribution < 1.29 is 13.9 Å². The third-order valence-electron chi connectivity index (χ3n) is 3.39. The Hall–Kier alpha value is -1.59. The minimum atomic E-state index is -0.241. The number of benzene rings is 2. The summed E-state index contributed by atoms with van der Waals surface area (Å²) in [7, 11) is 5.29. The first kappa shape index (κ1) is 16.8. The Morgan fingerprint density at radius 1 is 1.00 bits per heavy atom. The van der Waals surface area contributed by atoms with Crippen molar-refractivity contribution >= 4 is 15.9 Å². The Morgan fingerprint density at radius 3 is 2.32 bits per heavy atom. The number of halogens is 2. The van der Waals surface area contributed by atoms with E-state index in [1.54, 1.807) is 20.3 Å². The van der Waals surface area contributed by atoms with E-state index in [9.17, 15) is 4.39 Å². The van der Waals surface area contributed by atoms with Gasteiger partial charge in [-0.3, -0.25) is 4.90 Å². The van der Waals surface area contributed by atoms with E-state index in [4.69, 9.17) is 9.47 Å². The third kappa shape index (κ3) is 4.21. The van der Waals surface area contributed by atoms with E-state index in [0.717, 1.165) is 33.6 Å². The van der Waals surface area contributed by atoms with E-state index in [2.05, 4.69) is 20.8 Å². The standard InChI is InChI=1S/C17H19BrFNO2/c1-20(10-12-4-6-14(19)8-16(12)18)11-13-5-7-15(21-2)9-17(13)22-3/h4-9H,10-11H2,1-3H3. The van der Waals surface area contributed by atoms with Gasteiger partial charge in [-0.25, -0.2) is 4.39 Å². The number of hydrogen-bond donors (Lipinski definition) is 0. The molecule has 0 N–H and O–H groups in total. The van der Waals surface area contributed by atoms with Crippen LogP contribution in [0.25, 0.3) is 0 Å². The van der Waals surface area contributed by atoms with Gasteiger partial charge in [-0.05, 0) is 30.8 Å². The van der Waals surface area contributed by atoms with Crippen LogP contribution in [0.15, 0.2) is 40.9 Å². The normalized spacial score (nSPS) is 10.8. The van der Waals surface area contributed by atoms with Crippen LogP contribution in [-0.2, 0) is 13.1 Å². The molecule has 0 aliphatic heterocycles. The molecule has 5 heteroatoms. The molecular weight excluding hydrogens is 349 g/mol. The Kier molecular flexibility index (Phi) is 5.80. The maximum atomic E-state index is 13.1. The molecule has 0 aromatic heterocycles. The molecule has 3 nitrogen and oxygen atoms in total. The summed E-state index contributed by atoms with van der Waals surface area (Å²) in [5.74, 6) is 1.32. The molecule has 0 radical (unpaired) electrons. The van der Waals surface area contributed by atoms with Crippen LogP contribution in [0, 0.1) is 5.82 Å². The van der Waals surface area contributed by atoms with Gasteiger partial charge in [0.1, 0.15) is 17.3 Å². The maximum absolute atomic E-state index is 13.1. The van der Waals surface area contributed by atoms with Gasteiger partial charge in [-0.1, -0.05) is 28.1 Å². The predicted molar refractivity (Wildman–Crippen MR) is 88.8 cm³/mol. The number of hydrogen-bond acceptors (Lipinski definition) is 3. The van der Waals surface area contributed by atoms with Gasteiger partial charge in [-0.15, -0.1) is 0 Å². The van der Waals surface area contributed by atoms with Crippen LogP contribution in [0.3, 0.4) is 0 Å². The maximum Gasteiger partial charge on any atom is 0.127 e. The Morgan fingerprint density at radius 2 is 1.68 bits per heavy atom. The second kappa shape index (κ2) is 7.61. The highest BCUT2D eigenvalue weighted by atomic mass is 79.9. The highest BCUT2D eigenvalue weighted by Gasteiger charge is 2.10. The monoisotopic (exact) mass is 367 g/mol. The lowest BCUT2D eigenvalue weighted by Gasteiger charge is -2.19. The summed E-state index contributed by atoms with van der Waals surface area (Å²) in [5, 5.41) is 0. The van der Waals surface area contributed by atoms with Crippen LogP contribution < -0.4 is 9.47 Å². The Labute approximate surface area is 138 Å². The summed E-state index contributed by atoms with van der Waals surface area (Å²) < 4.78 is 24.5. The second-order valence-corrected chi connectivity index (χ2v) is 5.94. The van der Waals surface area contributed by atoms with Crippen molar-refractivity contribution in [3.63, 3.8) is 0 Å². The van der Waals surface area contributed by atoms with Crippen LogP contribution in [0.4, 0.5) is 4.39 Å². The lowest BCUT2D eigenvalue weighted by molar-refractivity contribution is 0.308. The van der Waals surface area contributed by atoms with E-state index in [0.29, 0.717) is 6.54 Å². The van der Waals surface area contributed by atoms with Gasteiger partial charge >= 0.3 is 0 Å². The molecule has 0 spiro atoms. The first-order chi connectivity index (χ1) is 10.5. The fourth-order valence-electron chi connectivity index (χ4n) is 2.27. The molecule has 22 heavy (non-hydrogen) atoms. The average molecular weight is 368 g/mol. The van der Waals surface area contributed by atoms with Gasteiger partial charge in [0.25, 0.3) is 0 Å². The molecule has 0 saturated heterocycles. The largest absolute Gasteiger partial charge is 0.497 e. The van der Waals surface area contributed by atoms with Gasteiger partial charge in [0.2, 0.25) is 0 Å². The number of nitrogens with zero attached hydrogens (tertiary/aromatic N) is 1. The van der Waals surface area contributed by atoms with Crippen LogP contribution in [-0.4, -0.2) is 26.2 Å². The number of ether oxygens (including phenoxy) is 2. The fourth-order valence-corrected chi connectivity index (χ4v) is 2.75. The summed E-state index contributed by atoms with van der Waals surface area (Å²) in [6, 6.07) is 10.5. The molecule has 0 bridgehead atoms. The molecule has 2 aromatic rings. The topological polar surface area (TPSA) is 21.7 Å². The lowest BCUT2D eigenvalue weighted by Crippen LogP contribution is -2.18. The van der Waals surface area contributed by atoms with E-state index in [1.165, 1.54) is 12.1 Å². The van der Waals surface area contributed by atoms with Crippen LogP contribution >= 0.6 is 15.9 Å². The third-order valence-corrected chi connectivity index (χ3v) is 4.13. The van der Waals surface area contributed by atoms with Crippen LogP contribution in [0.1, 0.15) is 11.1 Å². The number of methoxy groups -OCH3 is 2. The van der Waals surface area contributed by atoms with E-state index in [-0.39, 0.29) is 5.82 Å². The van der Waals surface area contributed by atoms with E-state index in [1.807, 2.05) is 25.2 Å². The predicted octanol–water partition coefficient (Wildman–Crippen LogP) is 4.24. The highest BCUT2D eigenvalue weighted by Crippen LogP contribution is 2.26. The zero-order chi connectivity index (χ0) is 16.1. The summed E-state index contributed by atoms with van der Waals surface area (Å²) in [6.45, 7) is 1.42. The molecule has 0 aliphatic rings. The van der Waals surface area contributed by atoms with Crippen molar-refractivity contribution in [3.05, 3.63) is 57.8 Å². The quantitative estimate of drug-likeness (QED) is 0.762. The van der Waals surface area contributed by atoms with Crippen molar-refractivity contribution in [1.82, 2.24) is 4.90 Å². The van der Waals surface area contributed by atoms with Crippen LogP contribution in [0.2, 0.25) is 0 Å². The molecule has 2 rings (SSSR count). The van der Waals surface area contributed by atoms with Crippen molar-refractivity contribution in [2.45, 2.75) is 13.1 Å². The Balaban J connectivity index is 2.10. The zero-order valence-electron chi connectivity index (χ0n) is 12.9. The smallest absolute Gasteiger partial charge is 0.127 e. The highest BCUT2D eigenvalue weighted by molar-refractivity contribution is 9.10. The second-order valence-electron chi connectivity index (χ2n) is 5.09. The molecule has 0 atom stereocenters. The molecular formula is C17H19BrFNO2. The summed E-state index contributed by atoms with van der Waals surface area (Å²) >= 11 is 3.40. The van der Waals surface area contributed by atoms with E-state index < -0.39 is 0 Å². The summed E-state index contributed by atoms with van der Waals surface area (Å²) in [5.41, 5.74) is 2.11. The van der Waals surface area contributed by atoms with Crippen molar-refractivity contribution in [2.75, 3.05) is 21.3 Å². The van der Waals surface area contributed by atoms with Gasteiger partial charge in [-0.2, -0.15) is 0 Å². The van der Waals surface area contributed by atoms with Gasteiger partial charge < -0.3 is 9.47 Å². The van der Waals surface area contributed by atoms with Crippen LogP contribution in [0.5, 0.6) is 11.5 Å². The minimum absolute atomic E-state index is 0.241. The van der Waals surface area contributed by atoms with Crippen molar-refractivity contribution in [2.24, 2.45) is 0 Å². The van der Waals surface area contributed by atoms with Gasteiger partial charge in [0.15, 0.2) is 0 Å². The molecule has 2 aromatic carbocycles. The molecule has 0 heterocycles. The first-order valence-corrected chi connectivity index (χ1v) is 7.66. The minimum Gasteiger partial charge on any atom is -0.497 e. The molecule has 0 unspecified atom stereocenters. The average Bonchev–Trinajstić information content (AvgIpc) is 2.50.